The standard InChI is InChI=1S/C16H21N3O3/c1-12(2)22-15-6-4-13(5-7-15)17-16(20)11-19(3)10-14-8-9-21-18-14/h4-9,12H,10-11H2,1-3H3,(H,17,20). The molecule has 0 saturated carbocycles. The van der Waals surface area contributed by atoms with Gasteiger partial charge in [-0.2, -0.15) is 0 Å². The molecule has 1 aromatic carbocycles. The molecule has 0 radical (unpaired) electrons. The number of likely N-dealkylation sites (N-methyl/N-ethyl adjacent to an activating group) is 1. The van der Waals surface area contributed by atoms with E-state index >= 15 is 0 Å². The molecule has 1 N–H and O–H groups in total. The smallest absolute Gasteiger partial charge is 0.238 e. The van der Waals surface area contributed by atoms with Gasteiger partial charge in [0, 0.05) is 18.3 Å². The quantitative estimate of drug-likeness (QED) is 0.851. The van der Waals surface area contributed by atoms with Crippen molar-refractivity contribution in [3.63, 3.8) is 0 Å². The molecule has 1 amide bonds. The summed E-state index contributed by atoms with van der Waals surface area (Å²) in [5.41, 5.74) is 1.54. The van der Waals surface area contributed by atoms with E-state index in [1.165, 1.54) is 6.26 Å². The molecule has 6 nitrogen and oxygen atoms in total. The third-order valence-electron chi connectivity index (χ3n) is 2.85. The molecular formula is C16H21N3O3. The molecule has 2 aromatic rings. The van der Waals surface area contributed by atoms with Crippen LogP contribution < -0.4 is 10.1 Å². The van der Waals surface area contributed by atoms with E-state index in [1.54, 1.807) is 6.07 Å². The molecule has 6 heteroatoms. The lowest BCUT2D eigenvalue weighted by Crippen LogP contribution is -2.29. The first-order chi connectivity index (χ1) is 10.5. The average Bonchev–Trinajstić information content (AvgIpc) is 2.93. The predicted octanol–water partition coefficient (Wildman–Crippen LogP) is 2.53. The highest BCUT2D eigenvalue weighted by molar-refractivity contribution is 5.92. The first-order valence-electron chi connectivity index (χ1n) is 7.17. The van der Waals surface area contributed by atoms with Crippen LogP contribution in [0.3, 0.4) is 0 Å². The van der Waals surface area contributed by atoms with Crippen LogP contribution in [0, 0.1) is 0 Å². The number of benzene rings is 1. The van der Waals surface area contributed by atoms with Crippen LogP contribution in [0.2, 0.25) is 0 Å². The van der Waals surface area contributed by atoms with Gasteiger partial charge in [0.05, 0.1) is 18.3 Å². The number of amides is 1. The number of hydrogen-bond donors (Lipinski definition) is 1. The SMILES string of the molecule is CC(C)Oc1ccc(NC(=O)CN(C)Cc2ccon2)cc1. The number of rotatable bonds is 7. The Bertz CT molecular complexity index is 579. The fourth-order valence-electron chi connectivity index (χ4n) is 1.99. The topological polar surface area (TPSA) is 67.6 Å². The summed E-state index contributed by atoms with van der Waals surface area (Å²) in [5, 5.41) is 6.67. The third kappa shape index (κ3) is 5.21. The first kappa shape index (κ1) is 16.0. The van der Waals surface area contributed by atoms with Crippen LogP contribution in [-0.4, -0.2) is 35.7 Å². The normalized spacial score (nSPS) is 11.0. The number of ether oxygens (including phenoxy) is 1. The molecule has 1 heterocycles. The van der Waals surface area contributed by atoms with Gasteiger partial charge in [-0.15, -0.1) is 0 Å². The van der Waals surface area contributed by atoms with Gasteiger partial charge in [0.2, 0.25) is 5.91 Å². The van der Waals surface area contributed by atoms with Crippen LogP contribution in [0.4, 0.5) is 5.69 Å². The molecule has 0 unspecified atom stereocenters. The zero-order valence-electron chi connectivity index (χ0n) is 13.1. The molecular weight excluding hydrogens is 282 g/mol. The molecule has 0 aliphatic rings. The maximum absolute atomic E-state index is 12.0. The van der Waals surface area contributed by atoms with Crippen molar-refractivity contribution in [3.8, 4) is 5.75 Å². The summed E-state index contributed by atoms with van der Waals surface area (Å²) in [6.07, 6.45) is 1.65. The van der Waals surface area contributed by atoms with E-state index in [1.807, 2.05) is 50.1 Å². The van der Waals surface area contributed by atoms with Crippen molar-refractivity contribution in [1.29, 1.82) is 0 Å². The highest BCUT2D eigenvalue weighted by atomic mass is 16.5. The molecule has 2 rings (SSSR count). The zero-order chi connectivity index (χ0) is 15.9. The number of anilines is 1. The Labute approximate surface area is 130 Å². The van der Waals surface area contributed by atoms with Gasteiger partial charge in [0.25, 0.3) is 0 Å². The Kier molecular flexibility index (Phi) is 5.55. The van der Waals surface area contributed by atoms with Crippen molar-refractivity contribution >= 4 is 11.6 Å². The lowest BCUT2D eigenvalue weighted by atomic mass is 10.3. The van der Waals surface area contributed by atoms with Gasteiger partial charge >= 0.3 is 0 Å². The van der Waals surface area contributed by atoms with E-state index in [-0.39, 0.29) is 18.6 Å². The minimum atomic E-state index is -0.0801. The second kappa shape index (κ2) is 7.61. The Hall–Kier alpha value is -2.34. The lowest BCUT2D eigenvalue weighted by Gasteiger charge is -2.15. The summed E-state index contributed by atoms with van der Waals surface area (Å²) in [4.78, 5) is 13.9. The Morgan fingerprint density at radius 1 is 1.32 bits per heavy atom. The second-order valence-corrected chi connectivity index (χ2v) is 5.40. The molecule has 0 saturated heterocycles. The summed E-state index contributed by atoms with van der Waals surface area (Å²) in [5.74, 6) is 0.708. The van der Waals surface area contributed by atoms with Crippen LogP contribution in [-0.2, 0) is 11.3 Å². The van der Waals surface area contributed by atoms with Gasteiger partial charge in [0.15, 0.2) is 0 Å². The van der Waals surface area contributed by atoms with Crippen molar-refractivity contribution in [2.45, 2.75) is 26.5 Å². The van der Waals surface area contributed by atoms with E-state index < -0.39 is 0 Å². The van der Waals surface area contributed by atoms with E-state index in [4.69, 9.17) is 9.26 Å². The van der Waals surface area contributed by atoms with E-state index in [0.717, 1.165) is 17.1 Å². The van der Waals surface area contributed by atoms with Gasteiger partial charge < -0.3 is 14.6 Å². The minimum Gasteiger partial charge on any atom is -0.491 e. The van der Waals surface area contributed by atoms with Crippen molar-refractivity contribution in [3.05, 3.63) is 42.3 Å². The summed E-state index contributed by atoms with van der Waals surface area (Å²) in [6.45, 7) is 4.78. The van der Waals surface area contributed by atoms with E-state index in [9.17, 15) is 4.79 Å². The van der Waals surface area contributed by atoms with Crippen molar-refractivity contribution in [1.82, 2.24) is 10.1 Å². The average molecular weight is 303 g/mol. The summed E-state index contributed by atoms with van der Waals surface area (Å²) in [6, 6.07) is 9.12. The lowest BCUT2D eigenvalue weighted by molar-refractivity contribution is -0.117. The van der Waals surface area contributed by atoms with Crippen LogP contribution in [0.5, 0.6) is 5.75 Å². The Morgan fingerprint density at radius 2 is 2.05 bits per heavy atom. The molecule has 22 heavy (non-hydrogen) atoms. The number of nitrogens with one attached hydrogen (secondary N) is 1. The molecule has 1 aromatic heterocycles. The molecule has 0 bridgehead atoms. The minimum absolute atomic E-state index is 0.0801. The van der Waals surface area contributed by atoms with Crippen LogP contribution in [0.25, 0.3) is 0 Å². The monoisotopic (exact) mass is 303 g/mol. The summed E-state index contributed by atoms with van der Waals surface area (Å²) < 4.78 is 10.3. The van der Waals surface area contributed by atoms with Gasteiger partial charge in [-0.3, -0.25) is 9.69 Å². The summed E-state index contributed by atoms with van der Waals surface area (Å²) >= 11 is 0. The molecule has 0 atom stereocenters. The van der Waals surface area contributed by atoms with E-state index in [2.05, 4.69) is 10.5 Å². The van der Waals surface area contributed by atoms with Gasteiger partial charge in [-0.25, -0.2) is 0 Å². The maximum Gasteiger partial charge on any atom is 0.238 e. The van der Waals surface area contributed by atoms with Gasteiger partial charge in [-0.1, -0.05) is 5.16 Å². The van der Waals surface area contributed by atoms with Crippen LogP contribution in [0.1, 0.15) is 19.5 Å². The van der Waals surface area contributed by atoms with Crippen molar-refractivity contribution in [2.75, 3.05) is 18.9 Å². The molecule has 118 valence electrons. The molecule has 0 aliphatic heterocycles. The number of hydrogen-bond acceptors (Lipinski definition) is 5. The first-order valence-corrected chi connectivity index (χ1v) is 7.17. The number of carbonyl (C=O) groups excluding carboxylic acids is 1. The molecule has 0 fully saturated rings. The highest BCUT2D eigenvalue weighted by Gasteiger charge is 2.09. The third-order valence-corrected chi connectivity index (χ3v) is 2.85. The molecule has 0 aliphatic carbocycles. The zero-order valence-corrected chi connectivity index (χ0v) is 13.1. The number of aromatic nitrogens is 1. The van der Waals surface area contributed by atoms with Crippen molar-refractivity contribution < 1.29 is 14.1 Å². The van der Waals surface area contributed by atoms with Gasteiger partial charge in [0.1, 0.15) is 12.0 Å². The second-order valence-electron chi connectivity index (χ2n) is 5.40. The van der Waals surface area contributed by atoms with Crippen LogP contribution >= 0.6 is 0 Å². The van der Waals surface area contributed by atoms with Crippen molar-refractivity contribution in [2.24, 2.45) is 0 Å². The Morgan fingerprint density at radius 3 is 2.64 bits per heavy atom. The number of carbonyl (C=O) groups is 1. The van der Waals surface area contributed by atoms with E-state index in [0.29, 0.717) is 6.54 Å². The fraction of sp³-hybridized carbons (Fsp3) is 0.375. The fourth-order valence-corrected chi connectivity index (χ4v) is 1.99. The predicted molar refractivity (Wildman–Crippen MR) is 83.7 cm³/mol. The van der Waals surface area contributed by atoms with Crippen LogP contribution in [0.15, 0.2) is 41.1 Å². The maximum atomic E-state index is 12.0. The highest BCUT2D eigenvalue weighted by Crippen LogP contribution is 2.16. The largest absolute Gasteiger partial charge is 0.491 e. The Balaban J connectivity index is 1.81. The molecule has 0 spiro atoms. The van der Waals surface area contributed by atoms with Gasteiger partial charge in [-0.05, 0) is 45.2 Å². The number of nitrogens with zero attached hydrogens (tertiary/aromatic N) is 2. The summed E-state index contributed by atoms with van der Waals surface area (Å²) in [7, 11) is 1.85.